The standard InChI is InChI=1S/C18H30O3Si/c1-7-8-14-22(5,6)21-16(15-12-10-9-11-13-15)18(2,3)17(19)20-4/h9-13,16H,7-8,14H2,1-6H3. The monoisotopic (exact) mass is 322 g/mol. The van der Waals surface area contributed by atoms with Crippen LogP contribution in [0.3, 0.4) is 0 Å². The number of benzene rings is 1. The summed E-state index contributed by atoms with van der Waals surface area (Å²) >= 11 is 0. The first kappa shape index (κ1) is 18.9. The van der Waals surface area contributed by atoms with Gasteiger partial charge in [0.05, 0.1) is 18.6 Å². The van der Waals surface area contributed by atoms with E-state index in [4.69, 9.17) is 9.16 Å². The van der Waals surface area contributed by atoms with Crippen molar-refractivity contribution in [2.24, 2.45) is 5.41 Å². The van der Waals surface area contributed by atoms with Crippen LogP contribution in [0.5, 0.6) is 0 Å². The lowest BCUT2D eigenvalue weighted by molar-refractivity contribution is -0.156. The smallest absolute Gasteiger partial charge is 0.314 e. The van der Waals surface area contributed by atoms with E-state index in [0.29, 0.717) is 0 Å². The molecule has 0 aromatic heterocycles. The molecule has 0 aliphatic heterocycles. The molecule has 0 spiro atoms. The van der Waals surface area contributed by atoms with Crippen LogP contribution in [0.2, 0.25) is 19.1 Å². The summed E-state index contributed by atoms with van der Waals surface area (Å²) in [6, 6.07) is 11.1. The Hall–Kier alpha value is -1.13. The van der Waals surface area contributed by atoms with Crippen molar-refractivity contribution in [1.29, 1.82) is 0 Å². The fourth-order valence-electron chi connectivity index (χ4n) is 2.61. The van der Waals surface area contributed by atoms with Gasteiger partial charge < -0.3 is 9.16 Å². The van der Waals surface area contributed by atoms with E-state index in [9.17, 15) is 4.79 Å². The lowest BCUT2D eigenvalue weighted by Gasteiger charge is -2.38. The third-order valence-corrected chi connectivity index (χ3v) is 6.47. The molecule has 4 heteroatoms. The van der Waals surface area contributed by atoms with Gasteiger partial charge in [0.1, 0.15) is 0 Å². The Morgan fingerprint density at radius 3 is 2.32 bits per heavy atom. The second-order valence-corrected chi connectivity index (χ2v) is 11.2. The Kier molecular flexibility index (Phi) is 6.82. The summed E-state index contributed by atoms with van der Waals surface area (Å²) in [6.07, 6.45) is 2.05. The van der Waals surface area contributed by atoms with Crippen molar-refractivity contribution in [3.8, 4) is 0 Å². The van der Waals surface area contributed by atoms with Gasteiger partial charge in [0.25, 0.3) is 0 Å². The van der Waals surface area contributed by atoms with Crippen LogP contribution in [0.15, 0.2) is 30.3 Å². The average Bonchev–Trinajstić information content (AvgIpc) is 2.50. The maximum Gasteiger partial charge on any atom is 0.314 e. The van der Waals surface area contributed by atoms with Crippen LogP contribution in [-0.2, 0) is 14.0 Å². The molecule has 0 bridgehead atoms. The minimum atomic E-state index is -1.85. The second-order valence-electron chi connectivity index (χ2n) is 6.99. The second kappa shape index (κ2) is 7.93. The molecule has 0 amide bonds. The molecule has 0 saturated carbocycles. The zero-order valence-electron chi connectivity index (χ0n) is 14.8. The fraction of sp³-hybridized carbons (Fsp3) is 0.611. The van der Waals surface area contributed by atoms with Crippen molar-refractivity contribution < 1.29 is 14.0 Å². The normalized spacial score (nSPS) is 13.7. The molecule has 3 nitrogen and oxygen atoms in total. The van der Waals surface area contributed by atoms with E-state index in [1.165, 1.54) is 13.5 Å². The molecule has 1 aromatic carbocycles. The molecule has 1 rings (SSSR count). The van der Waals surface area contributed by atoms with Crippen LogP contribution in [0.4, 0.5) is 0 Å². The Bertz CT molecular complexity index is 468. The van der Waals surface area contributed by atoms with E-state index in [0.717, 1.165) is 18.0 Å². The zero-order chi connectivity index (χ0) is 16.8. The summed E-state index contributed by atoms with van der Waals surface area (Å²) in [5.74, 6) is -0.235. The highest BCUT2D eigenvalue weighted by Crippen LogP contribution is 2.40. The minimum Gasteiger partial charge on any atom is -0.469 e. The Balaban J connectivity index is 3.10. The number of hydrogen-bond acceptors (Lipinski definition) is 3. The average molecular weight is 323 g/mol. The van der Waals surface area contributed by atoms with Crippen molar-refractivity contribution in [2.75, 3.05) is 7.11 Å². The van der Waals surface area contributed by atoms with E-state index >= 15 is 0 Å². The first-order chi connectivity index (χ1) is 10.2. The van der Waals surface area contributed by atoms with Gasteiger partial charge in [0, 0.05) is 0 Å². The number of unbranched alkanes of at least 4 members (excludes halogenated alkanes) is 1. The van der Waals surface area contributed by atoms with E-state index in [2.05, 4.69) is 20.0 Å². The molecule has 124 valence electrons. The SMILES string of the molecule is CCCC[Si](C)(C)OC(c1ccccc1)C(C)(C)C(=O)OC. The number of ether oxygens (including phenoxy) is 1. The number of rotatable bonds is 8. The summed E-state index contributed by atoms with van der Waals surface area (Å²) in [7, 11) is -0.410. The minimum absolute atomic E-state index is 0.235. The maximum atomic E-state index is 12.3. The summed E-state index contributed by atoms with van der Waals surface area (Å²) < 4.78 is 11.6. The van der Waals surface area contributed by atoms with Crippen LogP contribution in [0.1, 0.15) is 45.3 Å². The summed E-state index contributed by atoms with van der Waals surface area (Å²) in [6.45, 7) is 10.5. The van der Waals surface area contributed by atoms with Gasteiger partial charge in [-0.25, -0.2) is 0 Å². The van der Waals surface area contributed by atoms with Crippen LogP contribution < -0.4 is 0 Å². The predicted molar refractivity (Wildman–Crippen MR) is 93.3 cm³/mol. The van der Waals surface area contributed by atoms with E-state index < -0.39 is 13.7 Å². The van der Waals surface area contributed by atoms with Crippen molar-refractivity contribution >= 4 is 14.3 Å². The lowest BCUT2D eigenvalue weighted by atomic mass is 9.83. The van der Waals surface area contributed by atoms with Gasteiger partial charge in [0.2, 0.25) is 0 Å². The van der Waals surface area contributed by atoms with Gasteiger partial charge in [-0.15, -0.1) is 0 Å². The number of carbonyl (C=O) groups excluding carboxylic acids is 1. The molecule has 0 aliphatic carbocycles. The zero-order valence-corrected chi connectivity index (χ0v) is 15.8. The molecule has 1 aromatic rings. The first-order valence-corrected chi connectivity index (χ1v) is 11.2. The van der Waals surface area contributed by atoms with Crippen LogP contribution in [0, 0.1) is 5.41 Å². The summed E-state index contributed by atoms with van der Waals surface area (Å²) in [5, 5.41) is 0. The fourth-order valence-corrected chi connectivity index (χ4v) is 5.00. The largest absolute Gasteiger partial charge is 0.469 e. The van der Waals surface area contributed by atoms with Gasteiger partial charge in [0.15, 0.2) is 8.32 Å². The molecule has 1 unspecified atom stereocenters. The molecule has 0 aliphatic rings. The van der Waals surface area contributed by atoms with Gasteiger partial charge in [-0.2, -0.15) is 0 Å². The number of hydrogen-bond donors (Lipinski definition) is 0. The van der Waals surface area contributed by atoms with Crippen molar-refractivity contribution in [2.45, 2.75) is 58.9 Å². The highest BCUT2D eigenvalue weighted by molar-refractivity contribution is 6.71. The molecule has 0 heterocycles. The van der Waals surface area contributed by atoms with E-state index in [1.807, 2.05) is 44.2 Å². The summed E-state index contributed by atoms with van der Waals surface area (Å²) in [4.78, 5) is 12.3. The quantitative estimate of drug-likeness (QED) is 0.502. The Morgan fingerprint density at radius 1 is 1.23 bits per heavy atom. The third kappa shape index (κ3) is 4.95. The van der Waals surface area contributed by atoms with Gasteiger partial charge in [-0.05, 0) is 38.5 Å². The van der Waals surface area contributed by atoms with Crippen molar-refractivity contribution in [3.63, 3.8) is 0 Å². The van der Waals surface area contributed by atoms with E-state index in [-0.39, 0.29) is 12.1 Å². The molecule has 1 atom stereocenters. The van der Waals surface area contributed by atoms with Crippen LogP contribution >= 0.6 is 0 Å². The molecular weight excluding hydrogens is 292 g/mol. The molecular formula is C18H30O3Si. The Labute approximate surface area is 136 Å². The topological polar surface area (TPSA) is 35.5 Å². The molecule has 0 N–H and O–H groups in total. The lowest BCUT2D eigenvalue weighted by Crippen LogP contribution is -2.41. The predicted octanol–water partition coefficient (Wildman–Crippen LogP) is 4.95. The molecule has 0 saturated heterocycles. The van der Waals surface area contributed by atoms with Gasteiger partial charge in [-0.3, -0.25) is 4.79 Å². The molecule has 0 radical (unpaired) electrons. The molecule has 0 fully saturated rings. The van der Waals surface area contributed by atoms with E-state index in [1.54, 1.807) is 0 Å². The van der Waals surface area contributed by atoms with Crippen LogP contribution in [-0.4, -0.2) is 21.4 Å². The van der Waals surface area contributed by atoms with Gasteiger partial charge in [-0.1, -0.05) is 50.1 Å². The van der Waals surface area contributed by atoms with Crippen LogP contribution in [0.25, 0.3) is 0 Å². The molecule has 22 heavy (non-hydrogen) atoms. The number of esters is 1. The first-order valence-electron chi connectivity index (χ1n) is 8.06. The van der Waals surface area contributed by atoms with Gasteiger partial charge >= 0.3 is 5.97 Å². The maximum absolute atomic E-state index is 12.3. The highest BCUT2D eigenvalue weighted by Gasteiger charge is 2.42. The summed E-state index contributed by atoms with van der Waals surface area (Å²) in [5.41, 5.74) is 0.321. The van der Waals surface area contributed by atoms with Crippen molar-refractivity contribution in [1.82, 2.24) is 0 Å². The highest BCUT2D eigenvalue weighted by atomic mass is 28.4. The Morgan fingerprint density at radius 2 is 1.82 bits per heavy atom. The van der Waals surface area contributed by atoms with Crippen molar-refractivity contribution in [3.05, 3.63) is 35.9 Å². The third-order valence-electron chi connectivity index (χ3n) is 4.04. The number of methoxy groups -OCH3 is 1. The number of carbonyl (C=O) groups is 1.